The van der Waals surface area contributed by atoms with Crippen molar-refractivity contribution in [3.05, 3.63) is 0 Å². The van der Waals surface area contributed by atoms with Crippen molar-refractivity contribution in [3.8, 4) is 0 Å². The normalized spacial score (nSPS) is 12.7. The zero-order valence-corrected chi connectivity index (χ0v) is 19.5. The summed E-state index contributed by atoms with van der Waals surface area (Å²) in [6.07, 6.45) is 13.9. The van der Waals surface area contributed by atoms with E-state index in [1.54, 1.807) is 20.8 Å². The van der Waals surface area contributed by atoms with Gasteiger partial charge < -0.3 is 15.1 Å². The van der Waals surface area contributed by atoms with Crippen molar-refractivity contribution < 1.29 is 29.4 Å². The number of nitrogens with zero attached hydrogens (tertiary/aromatic N) is 1. The molecule has 0 aliphatic heterocycles. The molecule has 7 heteroatoms. The van der Waals surface area contributed by atoms with E-state index in [0.717, 1.165) is 24.3 Å². The number of rotatable bonds is 18. The molecule has 1 atom stereocenters. The highest BCUT2D eigenvalue weighted by atomic mass is 16.7. The van der Waals surface area contributed by atoms with Crippen LogP contribution < -0.4 is 0 Å². The van der Waals surface area contributed by atoms with Gasteiger partial charge in [-0.2, -0.15) is 0 Å². The minimum absolute atomic E-state index is 0.198. The third-order valence-electron chi connectivity index (χ3n) is 5.03. The molecule has 0 saturated heterocycles. The molecular weight excluding hydrogens is 386 g/mol. The van der Waals surface area contributed by atoms with Gasteiger partial charge in [-0.3, -0.25) is 14.4 Å². The molecule has 0 radical (unpaired) electrons. The molecule has 0 spiro atoms. The molecule has 0 heterocycles. The van der Waals surface area contributed by atoms with E-state index < -0.39 is 35.9 Å². The molecule has 0 aliphatic carbocycles. The van der Waals surface area contributed by atoms with Crippen molar-refractivity contribution >= 4 is 17.9 Å². The lowest BCUT2D eigenvalue weighted by Gasteiger charge is -2.36. The fourth-order valence-electron chi connectivity index (χ4n) is 3.37. The number of carbonyl (C=O) groups is 3. The minimum Gasteiger partial charge on any atom is -0.481 e. The van der Waals surface area contributed by atoms with Crippen molar-refractivity contribution in [3.63, 3.8) is 0 Å². The highest BCUT2D eigenvalue weighted by Gasteiger charge is 2.38. The molecule has 0 unspecified atom stereocenters. The van der Waals surface area contributed by atoms with E-state index in [1.165, 1.54) is 51.4 Å². The van der Waals surface area contributed by atoms with Crippen molar-refractivity contribution in [1.82, 2.24) is 5.06 Å². The van der Waals surface area contributed by atoms with Crippen molar-refractivity contribution in [2.45, 2.75) is 129 Å². The third-order valence-corrected chi connectivity index (χ3v) is 5.03. The van der Waals surface area contributed by atoms with E-state index in [9.17, 15) is 19.5 Å². The monoisotopic (exact) mass is 429 g/mol. The van der Waals surface area contributed by atoms with E-state index in [1.807, 2.05) is 0 Å². The summed E-state index contributed by atoms with van der Waals surface area (Å²) in [5.74, 6) is -3.10. The highest BCUT2D eigenvalue weighted by Crippen LogP contribution is 2.21. The predicted octanol–water partition coefficient (Wildman–Crippen LogP) is 5.56. The number of carboxylic acid groups (broad SMARTS) is 2. The quantitative estimate of drug-likeness (QED) is 0.217. The molecule has 2 N–H and O–H groups in total. The first-order chi connectivity index (χ1) is 14.1. The van der Waals surface area contributed by atoms with Crippen LogP contribution in [0.25, 0.3) is 0 Å². The van der Waals surface area contributed by atoms with Crippen molar-refractivity contribution in [1.29, 1.82) is 0 Å². The van der Waals surface area contributed by atoms with Crippen LogP contribution in [-0.2, 0) is 19.2 Å². The standard InChI is InChI=1S/C23H43NO6/c1-5-6-7-8-9-10-11-12-13-14-15-16-17-21(27)30-24(23(2,3)4)19(22(28)29)18-20(25)26/h19H,5-18H2,1-4H3,(H,25,26)(H,28,29)/t19-/m0/s1. The van der Waals surface area contributed by atoms with E-state index in [0.29, 0.717) is 6.42 Å². The molecule has 0 amide bonds. The average Bonchev–Trinajstić information content (AvgIpc) is 2.64. The van der Waals surface area contributed by atoms with Gasteiger partial charge in [0.25, 0.3) is 0 Å². The van der Waals surface area contributed by atoms with Gasteiger partial charge in [0.2, 0.25) is 0 Å². The summed E-state index contributed by atoms with van der Waals surface area (Å²) < 4.78 is 0. The third kappa shape index (κ3) is 14.4. The molecule has 176 valence electrons. The van der Waals surface area contributed by atoms with E-state index in [2.05, 4.69) is 6.92 Å². The highest BCUT2D eigenvalue weighted by molar-refractivity contribution is 5.80. The topological polar surface area (TPSA) is 104 Å². The number of hydroxylamine groups is 2. The predicted molar refractivity (Wildman–Crippen MR) is 117 cm³/mol. The summed E-state index contributed by atoms with van der Waals surface area (Å²) in [7, 11) is 0. The first-order valence-electron chi connectivity index (χ1n) is 11.5. The van der Waals surface area contributed by atoms with Crippen LogP contribution in [0, 0.1) is 0 Å². The molecule has 0 aliphatic rings. The van der Waals surface area contributed by atoms with Crippen molar-refractivity contribution in [2.75, 3.05) is 0 Å². The number of hydrogen-bond donors (Lipinski definition) is 2. The number of carboxylic acids is 2. The Morgan fingerprint density at radius 2 is 1.23 bits per heavy atom. The van der Waals surface area contributed by atoms with Crippen LogP contribution in [0.15, 0.2) is 0 Å². The number of aliphatic carboxylic acids is 2. The van der Waals surface area contributed by atoms with Crippen LogP contribution in [0.3, 0.4) is 0 Å². The minimum atomic E-state index is -1.42. The van der Waals surface area contributed by atoms with Gasteiger partial charge in [-0.25, -0.2) is 0 Å². The van der Waals surface area contributed by atoms with Gasteiger partial charge in [-0.05, 0) is 27.2 Å². The maximum absolute atomic E-state index is 12.2. The molecule has 0 fully saturated rings. The molecule has 0 rings (SSSR count). The molecular formula is C23H43NO6. The van der Waals surface area contributed by atoms with E-state index in [4.69, 9.17) is 9.94 Å². The Hall–Kier alpha value is -1.63. The number of hydrogen-bond acceptors (Lipinski definition) is 5. The van der Waals surface area contributed by atoms with Gasteiger partial charge in [0.1, 0.15) is 0 Å². The Morgan fingerprint density at radius 1 is 0.800 bits per heavy atom. The molecule has 7 nitrogen and oxygen atoms in total. The zero-order chi connectivity index (χ0) is 23.0. The van der Waals surface area contributed by atoms with E-state index in [-0.39, 0.29) is 6.42 Å². The average molecular weight is 430 g/mol. The number of carbonyl (C=O) groups excluding carboxylic acids is 1. The largest absolute Gasteiger partial charge is 0.481 e. The molecule has 0 aromatic rings. The first-order valence-corrected chi connectivity index (χ1v) is 11.5. The second kappa shape index (κ2) is 16.1. The first kappa shape index (κ1) is 28.4. The molecule has 0 aromatic carbocycles. The summed E-state index contributed by atoms with van der Waals surface area (Å²) >= 11 is 0. The van der Waals surface area contributed by atoms with Gasteiger partial charge >= 0.3 is 17.9 Å². The molecule has 0 aromatic heterocycles. The zero-order valence-electron chi connectivity index (χ0n) is 19.5. The van der Waals surface area contributed by atoms with Gasteiger partial charge in [-0.1, -0.05) is 77.6 Å². The Bertz CT molecular complexity index is 500. The second-order valence-corrected chi connectivity index (χ2v) is 9.05. The smallest absolute Gasteiger partial charge is 0.325 e. The lowest BCUT2D eigenvalue weighted by Crippen LogP contribution is -2.53. The fourth-order valence-corrected chi connectivity index (χ4v) is 3.37. The summed E-state index contributed by atoms with van der Waals surface area (Å²) in [4.78, 5) is 40.0. The maximum Gasteiger partial charge on any atom is 0.325 e. The second-order valence-electron chi connectivity index (χ2n) is 9.05. The van der Waals surface area contributed by atoms with Gasteiger partial charge in [0, 0.05) is 12.0 Å². The SMILES string of the molecule is CCCCCCCCCCCCCCC(=O)ON([C@@H](CC(=O)O)C(=O)O)C(C)(C)C. The van der Waals surface area contributed by atoms with Gasteiger partial charge in [0.15, 0.2) is 6.04 Å². The van der Waals surface area contributed by atoms with Gasteiger partial charge in [-0.15, -0.1) is 5.06 Å². The number of unbranched alkanes of at least 4 members (excludes halogenated alkanes) is 11. The lowest BCUT2D eigenvalue weighted by molar-refractivity contribution is -0.234. The Morgan fingerprint density at radius 3 is 1.60 bits per heavy atom. The van der Waals surface area contributed by atoms with Crippen LogP contribution in [-0.4, -0.2) is 44.8 Å². The molecule has 0 bridgehead atoms. The van der Waals surface area contributed by atoms with Crippen LogP contribution in [0.5, 0.6) is 0 Å². The van der Waals surface area contributed by atoms with Crippen LogP contribution in [0.2, 0.25) is 0 Å². The van der Waals surface area contributed by atoms with Crippen LogP contribution >= 0.6 is 0 Å². The Kier molecular flexibility index (Phi) is 15.2. The van der Waals surface area contributed by atoms with E-state index >= 15 is 0 Å². The van der Waals surface area contributed by atoms with Crippen molar-refractivity contribution in [2.24, 2.45) is 0 Å². The molecule has 0 saturated carbocycles. The van der Waals surface area contributed by atoms with Crippen LogP contribution in [0.1, 0.15) is 118 Å². The Balaban J connectivity index is 4.11. The summed E-state index contributed by atoms with van der Waals surface area (Å²) in [6, 6.07) is -1.42. The maximum atomic E-state index is 12.2. The Labute approximate surface area is 182 Å². The molecule has 30 heavy (non-hydrogen) atoms. The fraction of sp³-hybridized carbons (Fsp3) is 0.870. The lowest BCUT2D eigenvalue weighted by atomic mass is 10.0. The summed E-state index contributed by atoms with van der Waals surface area (Å²) in [6.45, 7) is 7.28. The van der Waals surface area contributed by atoms with Crippen LogP contribution in [0.4, 0.5) is 0 Å². The van der Waals surface area contributed by atoms with Gasteiger partial charge in [0.05, 0.1) is 6.42 Å². The summed E-state index contributed by atoms with van der Waals surface area (Å²) in [5, 5.41) is 19.3. The summed E-state index contributed by atoms with van der Waals surface area (Å²) in [5.41, 5.74) is -0.829.